The van der Waals surface area contributed by atoms with Crippen LogP contribution < -0.4 is 0 Å². The third kappa shape index (κ3) is 1.78. The summed E-state index contributed by atoms with van der Waals surface area (Å²) in [6.45, 7) is -0.279. The van der Waals surface area contributed by atoms with Crippen molar-refractivity contribution in [3.05, 3.63) is 12.2 Å². The van der Waals surface area contributed by atoms with E-state index in [0.717, 1.165) is 17.1 Å². The molecule has 1 unspecified atom stereocenters. The van der Waals surface area contributed by atoms with Crippen LogP contribution in [0.2, 0.25) is 0 Å². The van der Waals surface area contributed by atoms with E-state index in [2.05, 4.69) is 0 Å². The molecule has 1 atom stereocenters. The lowest BCUT2D eigenvalue weighted by atomic mass is 10.1. The zero-order valence-electron chi connectivity index (χ0n) is 6.43. The number of rotatable bonds is 0. The van der Waals surface area contributed by atoms with Gasteiger partial charge in [-0.1, -0.05) is 6.08 Å². The molecule has 5 heteroatoms. The minimum atomic E-state index is -4.24. The molecule has 2 nitrogen and oxygen atoms in total. The Morgan fingerprint density at radius 1 is 1.58 bits per heavy atom. The van der Waals surface area contributed by atoms with E-state index in [1.165, 1.54) is 7.05 Å². The number of carbonyl (C=O) groups is 1. The number of alkyl halides is 3. The quantitative estimate of drug-likeness (QED) is 0.547. The van der Waals surface area contributed by atoms with E-state index in [9.17, 15) is 18.0 Å². The molecule has 0 spiro atoms. The second-order valence-electron chi connectivity index (χ2n) is 2.73. The number of amides is 1. The van der Waals surface area contributed by atoms with Gasteiger partial charge < -0.3 is 4.90 Å². The fourth-order valence-electron chi connectivity index (χ4n) is 0.984. The molecular weight excluding hydrogens is 171 g/mol. The first-order chi connectivity index (χ1) is 5.41. The van der Waals surface area contributed by atoms with E-state index < -0.39 is 12.1 Å². The van der Waals surface area contributed by atoms with Crippen molar-refractivity contribution in [2.75, 3.05) is 13.6 Å². The average Bonchev–Trinajstić information content (AvgIpc) is 1.92. The molecule has 0 aliphatic carbocycles. The predicted octanol–water partition coefficient (Wildman–Crippen LogP) is 1.19. The van der Waals surface area contributed by atoms with E-state index in [4.69, 9.17) is 0 Å². The van der Waals surface area contributed by atoms with Gasteiger partial charge in [-0.15, -0.1) is 0 Å². The first-order valence-electron chi connectivity index (χ1n) is 3.41. The molecule has 0 fully saturated rings. The maximum atomic E-state index is 12.1. The molecule has 1 rings (SSSR count). The monoisotopic (exact) mass is 179 g/mol. The van der Waals surface area contributed by atoms with E-state index >= 15 is 0 Å². The summed E-state index contributed by atoms with van der Waals surface area (Å²) in [5.74, 6) is -1.89. The standard InChI is InChI=1S/C7H8F3NO/c1-11-4-5(7(8,9)10)2-3-6(11)12/h2-3,5H,4H2,1H3. The second-order valence-corrected chi connectivity index (χ2v) is 2.73. The zero-order chi connectivity index (χ0) is 9.35. The van der Waals surface area contributed by atoms with Gasteiger partial charge in [0.2, 0.25) is 5.91 Å². The average molecular weight is 179 g/mol. The first-order valence-corrected chi connectivity index (χ1v) is 3.41. The molecule has 0 aromatic carbocycles. The van der Waals surface area contributed by atoms with Gasteiger partial charge in [0.05, 0.1) is 5.92 Å². The van der Waals surface area contributed by atoms with Crippen LogP contribution in [0.3, 0.4) is 0 Å². The van der Waals surface area contributed by atoms with E-state index in [1.807, 2.05) is 0 Å². The molecule has 1 aliphatic rings. The molecule has 12 heavy (non-hydrogen) atoms. The molecule has 0 saturated heterocycles. The Hall–Kier alpha value is -1.00. The number of halogens is 3. The number of nitrogens with zero attached hydrogens (tertiary/aromatic N) is 1. The third-order valence-electron chi connectivity index (χ3n) is 1.74. The highest BCUT2D eigenvalue weighted by Gasteiger charge is 2.40. The van der Waals surface area contributed by atoms with Crippen LogP contribution in [0.15, 0.2) is 12.2 Å². The summed E-state index contributed by atoms with van der Waals surface area (Å²) in [5.41, 5.74) is 0. The number of hydrogen-bond donors (Lipinski definition) is 0. The van der Waals surface area contributed by atoms with Gasteiger partial charge in [-0.3, -0.25) is 4.79 Å². The summed E-state index contributed by atoms with van der Waals surface area (Å²) in [6.07, 6.45) is -2.38. The minimum absolute atomic E-state index is 0.279. The lowest BCUT2D eigenvalue weighted by Gasteiger charge is -2.26. The normalized spacial score (nSPS) is 24.8. The summed E-state index contributed by atoms with van der Waals surface area (Å²) in [6, 6.07) is 0. The molecule has 0 radical (unpaired) electrons. The van der Waals surface area contributed by atoms with Crippen LogP contribution in [0.25, 0.3) is 0 Å². The van der Waals surface area contributed by atoms with E-state index in [-0.39, 0.29) is 12.5 Å². The summed E-state index contributed by atoms with van der Waals surface area (Å²) in [5, 5.41) is 0. The lowest BCUT2D eigenvalue weighted by molar-refractivity contribution is -0.168. The predicted molar refractivity (Wildman–Crippen MR) is 36.3 cm³/mol. The molecule has 0 saturated carbocycles. The SMILES string of the molecule is CN1CC(C(F)(F)F)C=CC1=O. The Morgan fingerprint density at radius 2 is 2.17 bits per heavy atom. The van der Waals surface area contributed by atoms with Gasteiger partial charge >= 0.3 is 6.18 Å². The topological polar surface area (TPSA) is 20.3 Å². The van der Waals surface area contributed by atoms with Crippen molar-refractivity contribution in [3.63, 3.8) is 0 Å². The van der Waals surface area contributed by atoms with Crippen LogP contribution in [0.1, 0.15) is 0 Å². The number of carbonyl (C=O) groups excluding carboxylic acids is 1. The number of hydrogen-bond acceptors (Lipinski definition) is 1. The zero-order valence-corrected chi connectivity index (χ0v) is 6.43. The van der Waals surface area contributed by atoms with Gasteiger partial charge in [-0.25, -0.2) is 0 Å². The van der Waals surface area contributed by atoms with Crippen molar-refractivity contribution in [1.29, 1.82) is 0 Å². The van der Waals surface area contributed by atoms with Crippen LogP contribution in [-0.2, 0) is 4.79 Å². The van der Waals surface area contributed by atoms with Crippen LogP contribution in [0, 0.1) is 5.92 Å². The van der Waals surface area contributed by atoms with Crippen molar-refractivity contribution in [2.24, 2.45) is 5.92 Å². The highest BCUT2D eigenvalue weighted by atomic mass is 19.4. The molecular formula is C7H8F3NO. The molecule has 68 valence electrons. The fourth-order valence-corrected chi connectivity index (χ4v) is 0.984. The highest BCUT2D eigenvalue weighted by Crippen LogP contribution is 2.29. The van der Waals surface area contributed by atoms with Gasteiger partial charge in [0.25, 0.3) is 0 Å². The molecule has 1 aliphatic heterocycles. The maximum Gasteiger partial charge on any atom is 0.396 e. The van der Waals surface area contributed by atoms with Crippen molar-refractivity contribution in [3.8, 4) is 0 Å². The van der Waals surface area contributed by atoms with Gasteiger partial charge in [-0.05, 0) is 6.08 Å². The van der Waals surface area contributed by atoms with Crippen LogP contribution in [0.5, 0.6) is 0 Å². The molecule has 1 heterocycles. The smallest absolute Gasteiger partial charge is 0.341 e. The Kier molecular flexibility index (Phi) is 2.12. The molecule has 0 aromatic heterocycles. The Bertz CT molecular complexity index is 221. The largest absolute Gasteiger partial charge is 0.396 e. The molecule has 1 amide bonds. The Morgan fingerprint density at radius 3 is 2.58 bits per heavy atom. The molecule has 0 N–H and O–H groups in total. The van der Waals surface area contributed by atoms with Crippen LogP contribution in [0.4, 0.5) is 13.2 Å². The minimum Gasteiger partial charge on any atom is -0.341 e. The van der Waals surface area contributed by atoms with Gasteiger partial charge in [0.1, 0.15) is 0 Å². The van der Waals surface area contributed by atoms with Crippen molar-refractivity contribution < 1.29 is 18.0 Å². The maximum absolute atomic E-state index is 12.1. The van der Waals surface area contributed by atoms with Crippen LogP contribution >= 0.6 is 0 Å². The van der Waals surface area contributed by atoms with Crippen molar-refractivity contribution in [1.82, 2.24) is 4.90 Å². The number of likely N-dealkylation sites (N-methyl/N-ethyl adjacent to an activating group) is 1. The van der Waals surface area contributed by atoms with Gasteiger partial charge in [-0.2, -0.15) is 13.2 Å². The highest BCUT2D eigenvalue weighted by molar-refractivity contribution is 5.88. The summed E-state index contributed by atoms with van der Waals surface area (Å²) in [7, 11) is 1.35. The van der Waals surface area contributed by atoms with Gasteiger partial charge in [0.15, 0.2) is 0 Å². The summed E-state index contributed by atoms with van der Waals surface area (Å²) >= 11 is 0. The van der Waals surface area contributed by atoms with E-state index in [1.54, 1.807) is 0 Å². The lowest BCUT2D eigenvalue weighted by Crippen LogP contribution is -2.39. The fraction of sp³-hybridized carbons (Fsp3) is 0.571. The third-order valence-corrected chi connectivity index (χ3v) is 1.74. The summed E-state index contributed by atoms with van der Waals surface area (Å²) in [4.78, 5) is 11.8. The first kappa shape index (κ1) is 9.09. The van der Waals surface area contributed by atoms with Crippen molar-refractivity contribution in [2.45, 2.75) is 6.18 Å². The van der Waals surface area contributed by atoms with Gasteiger partial charge in [0, 0.05) is 13.6 Å². The summed E-state index contributed by atoms with van der Waals surface area (Å²) < 4.78 is 36.2. The second kappa shape index (κ2) is 2.80. The van der Waals surface area contributed by atoms with Crippen molar-refractivity contribution >= 4 is 5.91 Å². The van der Waals surface area contributed by atoms with Crippen LogP contribution in [-0.4, -0.2) is 30.6 Å². The Balaban J connectivity index is 2.74. The molecule has 0 bridgehead atoms. The Labute approximate surface area is 67.7 Å². The van der Waals surface area contributed by atoms with E-state index in [0.29, 0.717) is 0 Å². The molecule has 0 aromatic rings.